The van der Waals surface area contributed by atoms with E-state index in [9.17, 15) is 0 Å². The number of unbranched alkanes of at least 4 members (excludes halogenated alkanes) is 8. The second-order valence-electron chi connectivity index (χ2n) is 11.3. The van der Waals surface area contributed by atoms with Crippen LogP contribution < -0.4 is 29.4 Å². The van der Waals surface area contributed by atoms with E-state index in [1.165, 1.54) is 164 Å². The third-order valence-electron chi connectivity index (χ3n) is 7.74. The van der Waals surface area contributed by atoms with E-state index in [0.29, 0.717) is 0 Å². The summed E-state index contributed by atoms with van der Waals surface area (Å²) in [6.45, 7) is 29.9. The van der Waals surface area contributed by atoms with Crippen LogP contribution >= 0.6 is 0 Å². The van der Waals surface area contributed by atoms with Crippen LogP contribution in [0.4, 0.5) is 0 Å². The Balaban J connectivity index is -0.000000297. The van der Waals surface area contributed by atoms with E-state index in [4.69, 9.17) is 0 Å². The predicted octanol–water partition coefficient (Wildman–Crippen LogP) is 4.02. The van der Waals surface area contributed by atoms with Gasteiger partial charge in [0.05, 0.1) is 52.4 Å². The third kappa shape index (κ3) is 23.8. The number of halogens is 2. The van der Waals surface area contributed by atoms with Crippen molar-refractivity contribution < 1.29 is 38.4 Å². The molecule has 0 amide bonds. The van der Waals surface area contributed by atoms with Gasteiger partial charge < -0.3 is 38.4 Å². The highest BCUT2D eigenvalue weighted by Crippen LogP contribution is 2.18. The fraction of sp³-hybridized carbons (Fsp3) is 1.00. The van der Waals surface area contributed by atoms with Gasteiger partial charge in [0.25, 0.3) is 0 Å². The molecule has 4 heteroatoms. The molecule has 224 valence electrons. The summed E-state index contributed by atoms with van der Waals surface area (Å²) in [6.07, 6.45) is 22.3. The maximum Gasteiger partial charge on any atom is 0.0786 e. The monoisotopic (exact) mass is 598 g/mol. The molecule has 0 rings (SSSR count). The van der Waals surface area contributed by atoms with Crippen LogP contribution in [0.5, 0.6) is 0 Å². The fourth-order valence-electron chi connectivity index (χ4n) is 6.03. The minimum atomic E-state index is 0. The lowest BCUT2D eigenvalue weighted by molar-refractivity contribution is -0.929. The molecule has 0 unspecified atom stereocenters. The summed E-state index contributed by atoms with van der Waals surface area (Å²) in [5.74, 6) is 0. The van der Waals surface area contributed by atoms with Gasteiger partial charge in [0.15, 0.2) is 0 Å². The maximum absolute atomic E-state index is 2.33. The van der Waals surface area contributed by atoms with E-state index >= 15 is 0 Å². The lowest BCUT2D eigenvalue weighted by Crippen LogP contribution is -3.00. The van der Waals surface area contributed by atoms with E-state index in [0.717, 1.165) is 0 Å². The molecule has 0 heterocycles. The molecule has 0 N–H and O–H groups in total. The minimum Gasteiger partial charge on any atom is -1.00 e. The maximum atomic E-state index is 2.33. The highest BCUT2D eigenvalue weighted by molar-refractivity contribution is 4.52. The Morgan fingerprint density at radius 3 is 0.639 bits per heavy atom. The van der Waals surface area contributed by atoms with Crippen LogP contribution in [0, 0.1) is 0 Å². The van der Waals surface area contributed by atoms with Gasteiger partial charge in [-0.2, -0.15) is 0 Å². The topological polar surface area (TPSA) is 0 Å². The van der Waals surface area contributed by atoms with E-state index in [2.05, 4.69) is 55.4 Å². The number of quaternary nitrogens is 2. The van der Waals surface area contributed by atoms with Crippen LogP contribution in [0.15, 0.2) is 0 Å². The van der Waals surface area contributed by atoms with Gasteiger partial charge in [0.2, 0.25) is 0 Å². The molecule has 0 bridgehead atoms. The van der Waals surface area contributed by atoms with Gasteiger partial charge in [0.1, 0.15) is 0 Å². The molecule has 0 saturated heterocycles. The SMILES string of the molecule is CCCCC[N+](CCCCC)(CCCCC)CCCCC.CCC[N+](CCC)(CCC)CCC.[Br-].[Cl-]. The van der Waals surface area contributed by atoms with Crippen molar-refractivity contribution in [1.82, 2.24) is 0 Å². The second kappa shape index (κ2) is 31.9. The van der Waals surface area contributed by atoms with Crippen LogP contribution in [-0.4, -0.2) is 61.3 Å². The molecule has 0 saturated carbocycles. The molecular weight excluding hydrogens is 528 g/mol. The van der Waals surface area contributed by atoms with Crippen molar-refractivity contribution in [2.45, 2.75) is 158 Å². The normalized spacial score (nSPS) is 11.3. The first-order valence-electron chi connectivity index (χ1n) is 16.2. The summed E-state index contributed by atoms with van der Waals surface area (Å²) in [4.78, 5) is 0. The Hall–Kier alpha value is 0.690. The first kappa shape index (κ1) is 43.7. The molecule has 0 aromatic heterocycles. The first-order valence-corrected chi connectivity index (χ1v) is 16.2. The molecule has 36 heavy (non-hydrogen) atoms. The molecule has 0 aliphatic heterocycles. The molecule has 0 aromatic carbocycles. The summed E-state index contributed by atoms with van der Waals surface area (Å²) in [6, 6.07) is 0. The molecule has 0 aromatic rings. The van der Waals surface area contributed by atoms with E-state index in [1.54, 1.807) is 0 Å². The Morgan fingerprint density at radius 2 is 0.472 bits per heavy atom. The number of hydrogen-bond acceptors (Lipinski definition) is 0. The summed E-state index contributed by atoms with van der Waals surface area (Å²) >= 11 is 0. The molecule has 0 atom stereocenters. The van der Waals surface area contributed by atoms with Crippen LogP contribution in [0.2, 0.25) is 0 Å². The average Bonchev–Trinajstić information content (AvgIpc) is 2.81. The number of hydrogen-bond donors (Lipinski definition) is 0. The van der Waals surface area contributed by atoms with Gasteiger partial charge in [-0.25, -0.2) is 0 Å². The molecule has 0 spiro atoms. The highest BCUT2D eigenvalue weighted by atomic mass is 79.9. The van der Waals surface area contributed by atoms with Crippen LogP contribution in [0.1, 0.15) is 158 Å². The lowest BCUT2D eigenvalue weighted by Gasteiger charge is -2.39. The van der Waals surface area contributed by atoms with Crippen molar-refractivity contribution in [3.63, 3.8) is 0 Å². The Morgan fingerprint density at radius 1 is 0.278 bits per heavy atom. The van der Waals surface area contributed by atoms with Crippen molar-refractivity contribution >= 4 is 0 Å². The van der Waals surface area contributed by atoms with Crippen molar-refractivity contribution in [3.05, 3.63) is 0 Å². The van der Waals surface area contributed by atoms with Crippen LogP contribution in [0.3, 0.4) is 0 Å². The Kier molecular flexibility index (Phi) is 38.8. The number of nitrogens with zero attached hydrogens (tertiary/aromatic N) is 2. The van der Waals surface area contributed by atoms with Crippen molar-refractivity contribution in [1.29, 1.82) is 0 Å². The summed E-state index contributed by atoms with van der Waals surface area (Å²) < 4.78 is 2.82. The highest BCUT2D eigenvalue weighted by Gasteiger charge is 2.25. The molecule has 0 aliphatic carbocycles. The standard InChI is InChI=1S/C20H44N.C12H28N.BrH.ClH/c1-5-9-13-17-21(18-14-10-6-2,19-15-11-7-3)20-16-12-8-4;1-5-9-13(10-6-2,11-7-3)12-8-4;;/h5-20H2,1-4H3;5-12H2,1-4H3;2*1H/q2*+1;;/p-2. The van der Waals surface area contributed by atoms with Crippen LogP contribution in [0.25, 0.3) is 0 Å². The van der Waals surface area contributed by atoms with E-state index < -0.39 is 0 Å². The van der Waals surface area contributed by atoms with Gasteiger partial charge in [-0.1, -0.05) is 81.1 Å². The zero-order chi connectivity index (χ0) is 26.0. The van der Waals surface area contributed by atoms with Gasteiger partial charge in [-0.05, 0) is 77.0 Å². The van der Waals surface area contributed by atoms with Crippen LogP contribution in [-0.2, 0) is 0 Å². The van der Waals surface area contributed by atoms with Gasteiger partial charge in [-0.15, -0.1) is 0 Å². The summed E-state index contributed by atoms with van der Waals surface area (Å²) in [5.41, 5.74) is 0. The quantitative estimate of drug-likeness (QED) is 0.116. The zero-order valence-corrected chi connectivity index (χ0v) is 29.0. The van der Waals surface area contributed by atoms with Crippen molar-refractivity contribution in [3.8, 4) is 0 Å². The first-order chi connectivity index (χ1) is 16.5. The van der Waals surface area contributed by atoms with E-state index in [1.807, 2.05) is 0 Å². The molecular formula is C32H72BrClN2. The third-order valence-corrected chi connectivity index (χ3v) is 7.74. The molecule has 0 fully saturated rings. The van der Waals surface area contributed by atoms with E-state index in [-0.39, 0.29) is 29.4 Å². The van der Waals surface area contributed by atoms with Gasteiger partial charge in [-0.3, -0.25) is 0 Å². The van der Waals surface area contributed by atoms with Crippen molar-refractivity contribution in [2.24, 2.45) is 0 Å². The minimum absolute atomic E-state index is 0. The van der Waals surface area contributed by atoms with Gasteiger partial charge >= 0.3 is 0 Å². The molecule has 0 aliphatic rings. The Bertz CT molecular complexity index is 317. The number of rotatable bonds is 24. The summed E-state index contributed by atoms with van der Waals surface area (Å²) in [5, 5.41) is 0. The predicted molar refractivity (Wildman–Crippen MR) is 159 cm³/mol. The summed E-state index contributed by atoms with van der Waals surface area (Å²) in [7, 11) is 0. The Labute approximate surface area is 248 Å². The molecule has 0 radical (unpaired) electrons. The lowest BCUT2D eigenvalue weighted by atomic mass is 10.1. The zero-order valence-electron chi connectivity index (χ0n) is 26.6. The fourth-order valence-corrected chi connectivity index (χ4v) is 6.03. The second-order valence-corrected chi connectivity index (χ2v) is 11.3. The van der Waals surface area contributed by atoms with Gasteiger partial charge in [0, 0.05) is 0 Å². The van der Waals surface area contributed by atoms with Crippen molar-refractivity contribution in [2.75, 3.05) is 52.4 Å². The smallest absolute Gasteiger partial charge is 0.0786 e. The molecule has 2 nitrogen and oxygen atoms in total. The largest absolute Gasteiger partial charge is 1.00 e. The average molecular weight is 600 g/mol.